The molecule has 0 N–H and O–H groups in total. The van der Waals surface area contributed by atoms with E-state index in [4.69, 9.17) is 9.05 Å². The highest BCUT2D eigenvalue weighted by atomic mass is 79.9. The maximum Gasteiger partial charge on any atom is 0.697 e. The molecule has 0 saturated carbocycles. The van der Waals surface area contributed by atoms with Crippen molar-refractivity contribution < 1.29 is 13.6 Å². The molecule has 5 nitrogen and oxygen atoms in total. The fraction of sp³-hybridized carbons (Fsp3) is 1.00. The summed E-state index contributed by atoms with van der Waals surface area (Å²) in [5.41, 5.74) is 0. The average Bonchev–Trinajstić information content (AvgIpc) is 2.21. The van der Waals surface area contributed by atoms with Gasteiger partial charge in [0, 0.05) is 69.2 Å². The minimum atomic E-state index is -2.08. The largest absolute Gasteiger partial charge is 0.697 e. The van der Waals surface area contributed by atoms with Crippen molar-refractivity contribution >= 4 is 72.8 Å². The second-order valence-corrected chi connectivity index (χ2v) is 8.96. The summed E-state index contributed by atoms with van der Waals surface area (Å²) in [5.74, 6) is 0. The Morgan fingerprint density at radius 1 is 1.00 bits per heavy atom. The van der Waals surface area contributed by atoms with Gasteiger partial charge < -0.3 is 0 Å². The van der Waals surface area contributed by atoms with E-state index in [1.165, 1.54) is 0 Å². The summed E-state index contributed by atoms with van der Waals surface area (Å²) >= 11 is 12.7. The maximum absolute atomic E-state index is 11.3. The van der Waals surface area contributed by atoms with Gasteiger partial charge in [-0.15, -0.1) is 9.05 Å². The smallest absolute Gasteiger partial charge is 0.172 e. The van der Waals surface area contributed by atoms with E-state index in [-0.39, 0.29) is 12.1 Å². The van der Waals surface area contributed by atoms with Crippen LogP contribution in [0.25, 0.3) is 0 Å². The summed E-state index contributed by atoms with van der Waals surface area (Å²) in [5, 5.41) is 0. The van der Waals surface area contributed by atoms with Crippen LogP contribution in [0.2, 0.25) is 0 Å². The number of nitrogens with zero attached hydrogens (tertiary/aromatic N) is 2. The average molecular weight is 511 g/mol. The molecule has 0 heterocycles. The Morgan fingerprint density at radius 2 is 1.31 bits per heavy atom. The lowest BCUT2D eigenvalue weighted by atomic mass is 10.4. The number of halogens is 4. The molecule has 0 saturated heterocycles. The molecule has 0 fully saturated rings. The standard InChI is InChI=1S/C6H12Br4N2O3P/c1-5(11(7)8)3-14-16(13)15-4-6(2)12(9)10/h5-6H,3-4H2,1-2H3/q+1. The van der Waals surface area contributed by atoms with Crippen molar-refractivity contribution in [1.29, 1.82) is 0 Å². The summed E-state index contributed by atoms with van der Waals surface area (Å²) in [4.78, 5) is 0. The third-order valence-electron chi connectivity index (χ3n) is 1.51. The van der Waals surface area contributed by atoms with Gasteiger partial charge in [-0.2, -0.15) is 5.90 Å². The van der Waals surface area contributed by atoms with Crippen LogP contribution in [0.5, 0.6) is 0 Å². The first-order valence-electron chi connectivity index (χ1n) is 4.29. The summed E-state index contributed by atoms with van der Waals surface area (Å²) < 4.78 is 24.6. The van der Waals surface area contributed by atoms with Crippen molar-refractivity contribution in [1.82, 2.24) is 5.90 Å². The lowest BCUT2D eigenvalue weighted by Crippen LogP contribution is -2.21. The van der Waals surface area contributed by atoms with Crippen molar-refractivity contribution in [3.8, 4) is 0 Å². The Kier molecular flexibility index (Phi) is 10.9. The van der Waals surface area contributed by atoms with Gasteiger partial charge in [-0.1, -0.05) is 0 Å². The maximum atomic E-state index is 11.3. The van der Waals surface area contributed by atoms with Crippen LogP contribution in [0.4, 0.5) is 0 Å². The Balaban J connectivity index is 3.67. The molecule has 10 heteroatoms. The molecular weight excluding hydrogens is 499 g/mol. The van der Waals surface area contributed by atoms with E-state index in [1.807, 2.05) is 13.8 Å². The van der Waals surface area contributed by atoms with Gasteiger partial charge in [0.25, 0.3) is 0 Å². The van der Waals surface area contributed by atoms with Gasteiger partial charge in [-0.25, -0.2) is 0 Å². The van der Waals surface area contributed by atoms with E-state index < -0.39 is 8.25 Å². The van der Waals surface area contributed by atoms with Crippen molar-refractivity contribution in [2.24, 2.45) is 0 Å². The first-order valence-corrected chi connectivity index (χ1v) is 8.22. The van der Waals surface area contributed by atoms with E-state index in [2.05, 4.69) is 64.6 Å². The van der Waals surface area contributed by atoms with Gasteiger partial charge in [0.1, 0.15) is 13.2 Å². The molecule has 0 radical (unpaired) electrons. The molecule has 0 aliphatic carbocycles. The lowest BCUT2D eigenvalue weighted by molar-refractivity contribution is 0.194. The zero-order chi connectivity index (χ0) is 12.7. The molecule has 16 heavy (non-hydrogen) atoms. The minimum Gasteiger partial charge on any atom is -0.172 e. The van der Waals surface area contributed by atoms with Crippen molar-refractivity contribution in [2.45, 2.75) is 25.9 Å². The van der Waals surface area contributed by atoms with Crippen molar-refractivity contribution in [3.63, 3.8) is 0 Å². The van der Waals surface area contributed by atoms with Gasteiger partial charge in [0.2, 0.25) is 0 Å². The van der Waals surface area contributed by atoms with E-state index in [9.17, 15) is 4.57 Å². The van der Waals surface area contributed by atoms with Gasteiger partial charge >= 0.3 is 8.25 Å². The van der Waals surface area contributed by atoms with Crippen LogP contribution < -0.4 is 0 Å². The zero-order valence-corrected chi connectivity index (χ0v) is 15.9. The summed E-state index contributed by atoms with van der Waals surface area (Å²) in [7, 11) is -2.08. The highest BCUT2D eigenvalue weighted by molar-refractivity contribution is 9.21. The van der Waals surface area contributed by atoms with Crippen LogP contribution in [0.15, 0.2) is 0 Å². The van der Waals surface area contributed by atoms with Crippen molar-refractivity contribution in [3.05, 3.63) is 0 Å². The second kappa shape index (κ2) is 9.75. The third kappa shape index (κ3) is 8.88. The highest BCUT2D eigenvalue weighted by Crippen LogP contribution is 2.27. The highest BCUT2D eigenvalue weighted by Gasteiger charge is 2.25. The van der Waals surface area contributed by atoms with Gasteiger partial charge in [0.15, 0.2) is 0 Å². The van der Waals surface area contributed by atoms with E-state index >= 15 is 0 Å². The molecule has 0 amide bonds. The quantitative estimate of drug-likeness (QED) is 0.360. The number of hydrogen-bond donors (Lipinski definition) is 0. The Hall–Kier alpha value is 1.86. The van der Waals surface area contributed by atoms with Gasteiger partial charge in [0.05, 0.1) is 12.1 Å². The fourth-order valence-electron chi connectivity index (χ4n) is 0.487. The monoisotopic (exact) mass is 507 g/mol. The first kappa shape index (κ1) is 17.9. The normalized spacial score (nSPS) is 16.6. The molecule has 0 aromatic rings. The lowest BCUT2D eigenvalue weighted by Gasteiger charge is -2.12. The van der Waals surface area contributed by atoms with Crippen LogP contribution in [0.1, 0.15) is 13.8 Å². The molecule has 0 aromatic carbocycles. The molecule has 0 bridgehead atoms. The zero-order valence-electron chi connectivity index (χ0n) is 8.65. The summed E-state index contributed by atoms with van der Waals surface area (Å²) in [6, 6.07) is 0.0904. The van der Waals surface area contributed by atoms with E-state index in [1.54, 1.807) is 5.90 Å². The minimum absolute atomic E-state index is 0.0452. The second-order valence-electron chi connectivity index (χ2n) is 3.03. The predicted octanol–water partition coefficient (Wildman–Crippen LogP) is 4.30. The number of hydrogen-bond acceptors (Lipinski definition) is 5. The molecule has 96 valence electrons. The van der Waals surface area contributed by atoms with Crippen LogP contribution >= 0.6 is 72.8 Å². The SMILES string of the molecule is CC(CO[P+](=O)OCC(C)N(Br)Br)N(Br)Br. The Bertz CT molecular complexity index is 202. The topological polar surface area (TPSA) is 42.0 Å². The first-order chi connectivity index (χ1) is 7.34. The molecule has 2 atom stereocenters. The van der Waals surface area contributed by atoms with E-state index in [0.717, 1.165) is 0 Å². The number of rotatable bonds is 8. The van der Waals surface area contributed by atoms with Gasteiger partial charge in [-0.05, 0) is 13.8 Å². The van der Waals surface area contributed by atoms with Crippen molar-refractivity contribution in [2.75, 3.05) is 13.2 Å². The van der Waals surface area contributed by atoms with Crippen LogP contribution in [0, 0.1) is 0 Å². The summed E-state index contributed by atoms with van der Waals surface area (Å²) in [6.45, 7) is 4.39. The fourth-order valence-corrected chi connectivity index (χ4v) is 1.71. The van der Waals surface area contributed by atoms with E-state index in [0.29, 0.717) is 13.2 Å². The molecule has 0 aliphatic rings. The molecule has 2 unspecified atom stereocenters. The molecule has 0 spiro atoms. The van der Waals surface area contributed by atoms with Crippen LogP contribution in [-0.4, -0.2) is 31.2 Å². The molecular formula is C6H12Br4N2O3P+. The Morgan fingerprint density at radius 3 is 1.56 bits per heavy atom. The molecule has 0 aromatic heterocycles. The van der Waals surface area contributed by atoms with Crippen LogP contribution in [-0.2, 0) is 13.6 Å². The van der Waals surface area contributed by atoms with Gasteiger partial charge in [-0.3, -0.25) is 0 Å². The third-order valence-corrected chi connectivity index (χ3v) is 5.02. The molecule has 0 rings (SSSR count). The summed E-state index contributed by atoms with van der Waals surface area (Å²) in [6.07, 6.45) is 0. The molecule has 0 aliphatic heterocycles. The van der Waals surface area contributed by atoms with Crippen LogP contribution in [0.3, 0.4) is 0 Å². The predicted molar refractivity (Wildman–Crippen MR) is 77.8 cm³/mol. The Labute approximate surface area is 130 Å².